The van der Waals surface area contributed by atoms with Crippen molar-refractivity contribution >= 4 is 5.71 Å². The number of oxime groups is 1. The summed E-state index contributed by atoms with van der Waals surface area (Å²) in [7, 11) is 0. The molecule has 0 spiro atoms. The van der Waals surface area contributed by atoms with Crippen LogP contribution in [0.3, 0.4) is 0 Å². The van der Waals surface area contributed by atoms with E-state index in [9.17, 15) is 11.7 Å². The molecule has 2 N–H and O–H groups in total. The molecule has 3 heteroatoms. The lowest BCUT2D eigenvalue weighted by molar-refractivity contribution is -0.0989. The molecule has 0 aromatic heterocycles. The van der Waals surface area contributed by atoms with Gasteiger partial charge in [0.1, 0.15) is 5.60 Å². The van der Waals surface area contributed by atoms with Gasteiger partial charge in [0.15, 0.2) is 0 Å². The molecule has 4 rings (SSSR count). The summed E-state index contributed by atoms with van der Waals surface area (Å²) in [5, 5.41) is 23.5. The minimum Gasteiger partial charge on any atom is -0.411 e. The highest BCUT2D eigenvalue weighted by atomic mass is 16.4. The highest BCUT2D eigenvalue weighted by Crippen LogP contribution is 2.66. The molecule has 0 aromatic rings. The molecule has 0 heterocycles. The Balaban J connectivity index is 1.87. The minimum atomic E-state index is -2.19. The van der Waals surface area contributed by atoms with E-state index in [0.717, 1.165) is 0 Å². The average Bonchev–Trinajstić information content (AvgIpc) is 2.94. The number of terminal acetylenes is 1. The van der Waals surface area contributed by atoms with Crippen LogP contribution in [-0.2, 0) is 0 Å². The first-order valence-electron chi connectivity index (χ1n) is 12.0. The fourth-order valence-corrected chi connectivity index (χ4v) is 6.05. The van der Waals surface area contributed by atoms with Crippen molar-refractivity contribution in [3.63, 3.8) is 0 Å². The van der Waals surface area contributed by atoms with Gasteiger partial charge in [-0.3, -0.25) is 0 Å². The van der Waals surface area contributed by atoms with E-state index in [1.807, 2.05) is 6.92 Å². The SMILES string of the molecule is [2H]C1=C2C([2H])([2H])C[C@@H]3[C@@H](CC[C@]4(CC)[C@H]3CC[C@@]4(O)C#C)[C@@]2([2H])CC([2H])([2H])/C1=N/O. The van der Waals surface area contributed by atoms with E-state index < -0.39 is 41.4 Å². The van der Waals surface area contributed by atoms with Crippen molar-refractivity contribution in [1.29, 1.82) is 0 Å². The Labute approximate surface area is 153 Å². The van der Waals surface area contributed by atoms with Crippen LogP contribution in [0.15, 0.2) is 16.8 Å². The van der Waals surface area contributed by atoms with Gasteiger partial charge in [0, 0.05) is 12.3 Å². The van der Waals surface area contributed by atoms with E-state index in [2.05, 4.69) is 11.1 Å². The summed E-state index contributed by atoms with van der Waals surface area (Å²) in [6.07, 6.45) is 4.22. The monoisotopic (exact) mass is 333 g/mol. The third kappa shape index (κ3) is 1.99. The fraction of sp³-hybridized carbons (Fsp3) is 0.762. The van der Waals surface area contributed by atoms with Gasteiger partial charge in [-0.05, 0) is 87.4 Å². The standard InChI is InChI=1S/C21H29NO2/c1-3-20-11-9-17-16-8-6-15(22-24)13-14(16)5-7-18(17)19(20)10-12-21(20,23)4-2/h2,13,16-19,23-24H,3,5-12H2,1H3/b22-15-/t16-,17-,18+,19-,20+,21-/m0/s1/i5D2,6D2,13D,16D. The molecule has 0 aromatic carbocycles. The smallest absolute Gasteiger partial charge is 0.131 e. The van der Waals surface area contributed by atoms with Crippen LogP contribution in [0, 0.1) is 41.4 Å². The van der Waals surface area contributed by atoms with Gasteiger partial charge in [-0.25, -0.2) is 0 Å². The van der Waals surface area contributed by atoms with Gasteiger partial charge in [0.2, 0.25) is 0 Å². The predicted octanol–water partition coefficient (Wildman–Crippen LogP) is 4.14. The molecule has 3 fully saturated rings. The van der Waals surface area contributed by atoms with Gasteiger partial charge in [-0.2, -0.15) is 0 Å². The highest BCUT2D eigenvalue weighted by molar-refractivity contribution is 5.96. The zero-order valence-electron chi connectivity index (χ0n) is 20.1. The van der Waals surface area contributed by atoms with E-state index in [-0.39, 0.29) is 36.2 Å². The van der Waals surface area contributed by atoms with Gasteiger partial charge in [0.25, 0.3) is 0 Å². The van der Waals surface area contributed by atoms with Gasteiger partial charge in [-0.15, -0.1) is 6.42 Å². The second-order valence-corrected chi connectivity index (χ2v) is 7.68. The van der Waals surface area contributed by atoms with Gasteiger partial charge in [-0.1, -0.05) is 23.6 Å². The molecule has 3 nitrogen and oxygen atoms in total. The minimum absolute atomic E-state index is 0.0471. The number of hydrogen-bond acceptors (Lipinski definition) is 3. The Morgan fingerprint density at radius 2 is 2.21 bits per heavy atom. The Hall–Kier alpha value is -1.27. The Morgan fingerprint density at radius 3 is 2.92 bits per heavy atom. The van der Waals surface area contributed by atoms with Gasteiger partial charge < -0.3 is 10.3 Å². The molecule has 0 aliphatic heterocycles. The maximum absolute atomic E-state index is 11.2. The van der Waals surface area contributed by atoms with Gasteiger partial charge in [0.05, 0.1) is 7.08 Å². The molecule has 0 radical (unpaired) electrons. The molecule has 6 atom stereocenters. The number of hydrogen-bond donors (Lipinski definition) is 2. The van der Waals surface area contributed by atoms with E-state index in [1.165, 1.54) is 0 Å². The molecule has 4 aliphatic carbocycles. The maximum Gasteiger partial charge on any atom is 0.131 e. The Morgan fingerprint density at radius 1 is 1.38 bits per heavy atom. The molecule has 4 aliphatic rings. The van der Waals surface area contributed by atoms with E-state index in [4.69, 9.17) is 13.3 Å². The zero-order chi connectivity index (χ0) is 22.3. The van der Waals surface area contributed by atoms with Crippen LogP contribution in [0.25, 0.3) is 0 Å². The van der Waals surface area contributed by atoms with Crippen LogP contribution in [-0.4, -0.2) is 21.6 Å². The van der Waals surface area contributed by atoms with Crippen LogP contribution in [0.1, 0.15) is 72.8 Å². The largest absolute Gasteiger partial charge is 0.411 e. The van der Waals surface area contributed by atoms with Crippen molar-refractivity contribution in [1.82, 2.24) is 0 Å². The lowest BCUT2D eigenvalue weighted by Gasteiger charge is -2.56. The van der Waals surface area contributed by atoms with Crippen molar-refractivity contribution in [2.24, 2.45) is 34.2 Å². The number of allylic oxidation sites excluding steroid dienone is 2. The lowest BCUT2D eigenvalue weighted by atomic mass is 9.49. The average molecular weight is 334 g/mol. The van der Waals surface area contributed by atoms with E-state index in [0.29, 0.717) is 32.1 Å². The molecule has 0 bridgehead atoms. The Bertz CT molecular complexity index is 879. The van der Waals surface area contributed by atoms with Crippen LogP contribution >= 0.6 is 0 Å². The first-order valence-corrected chi connectivity index (χ1v) is 8.98. The highest BCUT2D eigenvalue weighted by Gasteiger charge is 2.63. The van der Waals surface area contributed by atoms with Crippen molar-refractivity contribution < 1.29 is 18.5 Å². The van der Waals surface area contributed by atoms with Crippen molar-refractivity contribution in [2.75, 3.05) is 0 Å². The number of fused-ring (bicyclic) bond motifs is 5. The normalized spacial score (nSPS) is 60.2. The topological polar surface area (TPSA) is 52.8 Å². The quantitative estimate of drug-likeness (QED) is 0.430. The van der Waals surface area contributed by atoms with E-state index in [1.54, 1.807) is 0 Å². The summed E-state index contributed by atoms with van der Waals surface area (Å²) in [5.74, 6) is 0.408. The van der Waals surface area contributed by atoms with Crippen molar-refractivity contribution in [2.45, 2.75) is 70.2 Å². The first-order chi connectivity index (χ1) is 13.8. The summed E-state index contributed by atoms with van der Waals surface area (Å²) in [5.41, 5.74) is -2.32. The third-order valence-electron chi connectivity index (χ3n) is 7.23. The lowest BCUT2D eigenvalue weighted by Crippen LogP contribution is -2.53. The molecular formula is C21H29NO2. The first kappa shape index (κ1) is 10.7. The van der Waals surface area contributed by atoms with E-state index >= 15 is 0 Å². The zero-order valence-corrected chi connectivity index (χ0v) is 14.1. The molecule has 0 unspecified atom stereocenters. The third-order valence-corrected chi connectivity index (χ3v) is 7.23. The summed E-state index contributed by atoms with van der Waals surface area (Å²) in [4.78, 5) is 0. The molecule has 0 amide bonds. The summed E-state index contributed by atoms with van der Waals surface area (Å²) in [6, 6.07) is -0.480. The Kier molecular flexibility index (Phi) is 2.50. The second kappa shape index (κ2) is 5.63. The summed E-state index contributed by atoms with van der Waals surface area (Å²) >= 11 is 0. The van der Waals surface area contributed by atoms with Crippen LogP contribution in [0.4, 0.5) is 0 Å². The van der Waals surface area contributed by atoms with Crippen molar-refractivity contribution in [3.05, 3.63) is 11.6 Å². The van der Waals surface area contributed by atoms with Crippen molar-refractivity contribution in [3.8, 4) is 12.3 Å². The molecule has 3 saturated carbocycles. The number of aliphatic hydroxyl groups is 1. The predicted molar refractivity (Wildman–Crippen MR) is 94.7 cm³/mol. The maximum atomic E-state index is 11.2. The van der Waals surface area contributed by atoms with Crippen LogP contribution in [0.5, 0.6) is 0 Å². The summed E-state index contributed by atoms with van der Waals surface area (Å²) < 4.78 is 51.9. The molecule has 0 saturated heterocycles. The molecular weight excluding hydrogens is 298 g/mol. The summed E-state index contributed by atoms with van der Waals surface area (Å²) in [6.45, 7) is 2.01. The van der Waals surface area contributed by atoms with Gasteiger partial charge >= 0.3 is 0 Å². The van der Waals surface area contributed by atoms with Crippen LogP contribution in [0.2, 0.25) is 0 Å². The second-order valence-electron chi connectivity index (χ2n) is 7.68. The fourth-order valence-electron chi connectivity index (χ4n) is 6.05. The number of rotatable bonds is 1. The number of nitrogens with zero attached hydrogens (tertiary/aromatic N) is 1. The van der Waals surface area contributed by atoms with Crippen LogP contribution < -0.4 is 0 Å². The molecule has 130 valence electrons. The molecule has 24 heavy (non-hydrogen) atoms.